The molecule has 0 bridgehead atoms. The lowest BCUT2D eigenvalue weighted by molar-refractivity contribution is 0.0691. The maximum atomic E-state index is 13.8. The molecule has 3 nitrogen and oxygen atoms in total. The number of carboxylic acids is 1. The van der Waals surface area contributed by atoms with E-state index in [-0.39, 0.29) is 17.9 Å². The molecule has 0 aromatic heterocycles. The number of carbonyl (C=O) groups is 1. The summed E-state index contributed by atoms with van der Waals surface area (Å²) in [4.78, 5) is 10.8. The van der Waals surface area contributed by atoms with Crippen molar-refractivity contribution >= 4 is 5.97 Å². The van der Waals surface area contributed by atoms with Crippen LogP contribution in [0.1, 0.15) is 15.9 Å². The van der Waals surface area contributed by atoms with E-state index in [4.69, 9.17) is 9.84 Å². The highest BCUT2D eigenvalue weighted by Gasteiger charge is 2.14. The molecule has 0 atom stereocenters. The zero-order valence-corrected chi connectivity index (χ0v) is 9.77. The van der Waals surface area contributed by atoms with Crippen LogP contribution in [-0.2, 0) is 6.61 Å². The van der Waals surface area contributed by atoms with Crippen molar-refractivity contribution in [3.8, 4) is 5.75 Å². The van der Waals surface area contributed by atoms with E-state index in [1.54, 1.807) is 6.07 Å². The second-order valence-electron chi connectivity index (χ2n) is 3.80. The van der Waals surface area contributed by atoms with Crippen molar-refractivity contribution in [3.63, 3.8) is 0 Å². The zero-order chi connectivity index (χ0) is 13.8. The van der Waals surface area contributed by atoms with Gasteiger partial charge in [0.2, 0.25) is 0 Å². The highest BCUT2D eigenvalue weighted by molar-refractivity contribution is 5.88. The van der Waals surface area contributed by atoms with E-state index >= 15 is 0 Å². The fourth-order valence-corrected chi connectivity index (χ4v) is 1.57. The Kier molecular flexibility index (Phi) is 3.75. The van der Waals surface area contributed by atoms with E-state index in [1.807, 2.05) is 0 Å². The Labute approximate surface area is 108 Å². The molecule has 2 aromatic carbocycles. The van der Waals surface area contributed by atoms with Crippen LogP contribution in [0.25, 0.3) is 0 Å². The molecular formula is C14H10F2O3. The van der Waals surface area contributed by atoms with Gasteiger partial charge in [-0.15, -0.1) is 0 Å². The van der Waals surface area contributed by atoms with E-state index < -0.39 is 23.2 Å². The molecule has 0 fully saturated rings. The molecule has 2 aromatic rings. The zero-order valence-electron chi connectivity index (χ0n) is 9.77. The molecule has 0 radical (unpaired) electrons. The van der Waals surface area contributed by atoms with Gasteiger partial charge < -0.3 is 9.84 Å². The van der Waals surface area contributed by atoms with Crippen LogP contribution in [0.2, 0.25) is 0 Å². The maximum Gasteiger partial charge on any atom is 0.338 e. The van der Waals surface area contributed by atoms with Crippen molar-refractivity contribution in [2.24, 2.45) is 0 Å². The lowest BCUT2D eigenvalue weighted by atomic mass is 10.1. The summed E-state index contributed by atoms with van der Waals surface area (Å²) in [7, 11) is 0. The van der Waals surface area contributed by atoms with Crippen LogP contribution >= 0.6 is 0 Å². The molecule has 98 valence electrons. The Morgan fingerprint density at radius 1 is 1.11 bits per heavy atom. The summed E-state index contributed by atoms with van der Waals surface area (Å²) in [6.07, 6.45) is 0. The molecule has 0 saturated heterocycles. The van der Waals surface area contributed by atoms with E-state index in [2.05, 4.69) is 0 Å². The molecule has 0 aliphatic carbocycles. The average molecular weight is 264 g/mol. The van der Waals surface area contributed by atoms with Gasteiger partial charge in [-0.3, -0.25) is 0 Å². The number of aromatic carboxylic acids is 1. The summed E-state index contributed by atoms with van der Waals surface area (Å²) in [5.41, 5.74) is -0.377. The Hall–Kier alpha value is -2.43. The maximum absolute atomic E-state index is 13.8. The number of ether oxygens (including phenoxy) is 1. The van der Waals surface area contributed by atoms with Crippen molar-refractivity contribution in [1.82, 2.24) is 0 Å². The van der Waals surface area contributed by atoms with Crippen LogP contribution in [0.15, 0.2) is 42.5 Å². The van der Waals surface area contributed by atoms with Gasteiger partial charge in [-0.25, -0.2) is 13.6 Å². The number of benzene rings is 2. The molecule has 0 spiro atoms. The molecular weight excluding hydrogens is 254 g/mol. The number of halogens is 2. The summed E-state index contributed by atoms with van der Waals surface area (Å²) in [5.74, 6) is -2.79. The number of hydrogen-bond acceptors (Lipinski definition) is 2. The first kappa shape index (κ1) is 13.0. The molecule has 0 aliphatic rings. The van der Waals surface area contributed by atoms with Crippen LogP contribution in [0.3, 0.4) is 0 Å². The normalized spacial score (nSPS) is 10.2. The monoisotopic (exact) mass is 264 g/mol. The highest BCUT2D eigenvalue weighted by atomic mass is 19.1. The lowest BCUT2D eigenvalue weighted by Gasteiger charge is -2.09. The van der Waals surface area contributed by atoms with Crippen LogP contribution in [-0.4, -0.2) is 11.1 Å². The van der Waals surface area contributed by atoms with Crippen molar-refractivity contribution in [2.45, 2.75) is 6.61 Å². The Morgan fingerprint density at radius 3 is 2.53 bits per heavy atom. The number of rotatable bonds is 4. The quantitative estimate of drug-likeness (QED) is 0.922. The smallest absolute Gasteiger partial charge is 0.338 e. The minimum atomic E-state index is -1.36. The van der Waals surface area contributed by atoms with Crippen molar-refractivity contribution in [1.29, 1.82) is 0 Å². The third-order valence-corrected chi connectivity index (χ3v) is 2.53. The van der Waals surface area contributed by atoms with Crippen LogP contribution in [0.4, 0.5) is 8.78 Å². The third kappa shape index (κ3) is 2.88. The lowest BCUT2D eigenvalue weighted by Crippen LogP contribution is -2.06. The van der Waals surface area contributed by atoms with Gasteiger partial charge in [0.1, 0.15) is 12.4 Å². The minimum absolute atomic E-state index is 0.0115. The third-order valence-electron chi connectivity index (χ3n) is 2.53. The summed E-state index contributed by atoms with van der Waals surface area (Å²) >= 11 is 0. The van der Waals surface area contributed by atoms with Gasteiger partial charge in [-0.2, -0.15) is 0 Å². The van der Waals surface area contributed by atoms with Crippen LogP contribution in [0.5, 0.6) is 5.75 Å². The van der Waals surface area contributed by atoms with E-state index in [9.17, 15) is 13.6 Å². The SMILES string of the molecule is O=C(O)c1cccc(COc2ccccc2F)c1F. The molecule has 5 heteroatoms. The van der Waals surface area contributed by atoms with Gasteiger partial charge in [0.25, 0.3) is 0 Å². The first-order valence-electron chi connectivity index (χ1n) is 5.47. The summed E-state index contributed by atoms with van der Waals surface area (Å²) in [6, 6.07) is 9.68. The summed E-state index contributed by atoms with van der Waals surface area (Å²) < 4.78 is 32.2. The van der Waals surface area contributed by atoms with E-state index in [0.29, 0.717) is 0 Å². The van der Waals surface area contributed by atoms with Gasteiger partial charge in [0.15, 0.2) is 11.6 Å². The molecule has 0 amide bonds. The van der Waals surface area contributed by atoms with Gasteiger partial charge in [0, 0.05) is 5.56 Å². The molecule has 0 saturated carbocycles. The molecule has 1 N–H and O–H groups in total. The van der Waals surface area contributed by atoms with E-state index in [1.165, 1.54) is 30.3 Å². The van der Waals surface area contributed by atoms with Crippen molar-refractivity contribution < 1.29 is 23.4 Å². The molecule has 0 unspecified atom stereocenters. The Balaban J connectivity index is 2.19. The minimum Gasteiger partial charge on any atom is -0.486 e. The predicted octanol–water partition coefficient (Wildman–Crippen LogP) is 3.24. The molecule has 0 aliphatic heterocycles. The fraction of sp³-hybridized carbons (Fsp3) is 0.0714. The highest BCUT2D eigenvalue weighted by Crippen LogP contribution is 2.19. The second-order valence-corrected chi connectivity index (χ2v) is 3.80. The molecule has 0 heterocycles. The fourth-order valence-electron chi connectivity index (χ4n) is 1.57. The number of para-hydroxylation sites is 1. The van der Waals surface area contributed by atoms with Crippen LogP contribution < -0.4 is 4.74 Å². The van der Waals surface area contributed by atoms with Crippen molar-refractivity contribution in [2.75, 3.05) is 0 Å². The Morgan fingerprint density at radius 2 is 1.84 bits per heavy atom. The average Bonchev–Trinajstić information content (AvgIpc) is 2.39. The standard InChI is InChI=1S/C14H10F2O3/c15-11-6-1-2-7-12(11)19-8-9-4-3-5-10(13(9)16)14(17)18/h1-7H,8H2,(H,17,18). The van der Waals surface area contributed by atoms with Gasteiger partial charge in [-0.1, -0.05) is 24.3 Å². The summed E-state index contributed by atoms with van der Waals surface area (Å²) in [6.45, 7) is -0.242. The first-order valence-corrected chi connectivity index (χ1v) is 5.47. The number of hydrogen-bond donors (Lipinski definition) is 1. The molecule has 19 heavy (non-hydrogen) atoms. The topological polar surface area (TPSA) is 46.5 Å². The second kappa shape index (κ2) is 5.48. The molecule has 2 rings (SSSR count). The van der Waals surface area contributed by atoms with Crippen LogP contribution in [0, 0.1) is 11.6 Å². The van der Waals surface area contributed by atoms with Gasteiger partial charge in [-0.05, 0) is 18.2 Å². The summed E-state index contributed by atoms with van der Waals surface area (Å²) in [5, 5.41) is 8.78. The predicted molar refractivity (Wildman–Crippen MR) is 64.1 cm³/mol. The number of carboxylic acid groups (broad SMARTS) is 1. The Bertz CT molecular complexity index is 611. The van der Waals surface area contributed by atoms with Crippen molar-refractivity contribution in [3.05, 3.63) is 65.2 Å². The largest absolute Gasteiger partial charge is 0.486 e. The van der Waals surface area contributed by atoms with E-state index in [0.717, 1.165) is 6.07 Å². The first-order chi connectivity index (χ1) is 9.09. The van der Waals surface area contributed by atoms with Gasteiger partial charge in [0.05, 0.1) is 5.56 Å². The van der Waals surface area contributed by atoms with Gasteiger partial charge >= 0.3 is 5.97 Å².